The molecule has 1 aliphatic heterocycles. The Morgan fingerprint density at radius 3 is 3.05 bits per heavy atom. The zero-order valence-electron chi connectivity index (χ0n) is 11.5. The molecule has 2 heterocycles. The quantitative estimate of drug-likeness (QED) is 0.860. The van der Waals surface area contributed by atoms with Crippen LogP contribution in [0.2, 0.25) is 5.02 Å². The first-order valence-corrected chi connectivity index (χ1v) is 8.97. The molecule has 3 rings (SSSR count). The molecule has 0 aliphatic carbocycles. The summed E-state index contributed by atoms with van der Waals surface area (Å²) in [5.41, 5.74) is 4.39. The van der Waals surface area contributed by atoms with Gasteiger partial charge < -0.3 is 5.32 Å². The van der Waals surface area contributed by atoms with Crippen molar-refractivity contribution in [3.05, 3.63) is 44.9 Å². The third kappa shape index (κ3) is 2.89. The Hall–Kier alpha value is -0.550. The van der Waals surface area contributed by atoms with Crippen molar-refractivity contribution in [2.45, 2.75) is 37.2 Å². The molecule has 106 valence electrons. The van der Waals surface area contributed by atoms with Gasteiger partial charge in [0.15, 0.2) is 0 Å². The van der Waals surface area contributed by atoms with E-state index >= 15 is 0 Å². The van der Waals surface area contributed by atoms with E-state index in [0.29, 0.717) is 12.1 Å². The van der Waals surface area contributed by atoms with Crippen LogP contribution in [0.5, 0.6) is 0 Å². The number of nitrogens with one attached hydrogen (secondary N) is 1. The van der Waals surface area contributed by atoms with Crippen molar-refractivity contribution in [3.8, 4) is 0 Å². The molecular weight excluding hydrogens is 308 g/mol. The maximum absolute atomic E-state index is 6.16. The molecule has 0 spiro atoms. The van der Waals surface area contributed by atoms with Gasteiger partial charge in [-0.25, -0.2) is 4.98 Å². The summed E-state index contributed by atoms with van der Waals surface area (Å²) in [6, 6.07) is 6.92. The minimum atomic E-state index is 0.322. The van der Waals surface area contributed by atoms with E-state index in [9.17, 15) is 0 Å². The Morgan fingerprint density at radius 1 is 1.45 bits per heavy atom. The fraction of sp³-hybridized carbons (Fsp3) is 0.400. The maximum atomic E-state index is 6.16. The summed E-state index contributed by atoms with van der Waals surface area (Å²) >= 11 is 9.80. The van der Waals surface area contributed by atoms with E-state index in [-0.39, 0.29) is 0 Å². The van der Waals surface area contributed by atoms with Gasteiger partial charge in [0, 0.05) is 26.9 Å². The molecule has 0 saturated carbocycles. The molecule has 0 bridgehead atoms. The van der Waals surface area contributed by atoms with Crippen LogP contribution in [0.3, 0.4) is 0 Å². The highest BCUT2D eigenvalue weighted by molar-refractivity contribution is 7.99. The summed E-state index contributed by atoms with van der Waals surface area (Å²) in [5.74, 6) is 1.15. The molecule has 2 aromatic rings. The highest BCUT2D eigenvalue weighted by Crippen LogP contribution is 2.39. The number of thiazole rings is 1. The lowest BCUT2D eigenvalue weighted by Gasteiger charge is -2.29. The third-order valence-electron chi connectivity index (χ3n) is 3.64. The SMILES string of the molecule is Cc1ncsc1C(C)NC1CCSc2ccc(Cl)cc21. The number of thioether (sulfide) groups is 1. The highest BCUT2D eigenvalue weighted by Gasteiger charge is 2.23. The largest absolute Gasteiger partial charge is 0.302 e. The Kier molecular flexibility index (Phi) is 4.36. The number of aryl methyl sites for hydroxylation is 1. The van der Waals surface area contributed by atoms with E-state index in [1.54, 1.807) is 11.3 Å². The Bertz CT molecular complexity index is 612. The van der Waals surface area contributed by atoms with E-state index in [1.165, 1.54) is 15.3 Å². The molecule has 20 heavy (non-hydrogen) atoms. The standard InChI is InChI=1S/C15H17ClN2S2/c1-9-15(20-8-17-9)10(2)18-13-5-6-19-14-4-3-11(16)7-12(13)14/h3-4,7-8,10,13,18H,5-6H2,1-2H3. The van der Waals surface area contributed by atoms with Gasteiger partial charge >= 0.3 is 0 Å². The summed E-state index contributed by atoms with van der Waals surface area (Å²) in [7, 11) is 0. The van der Waals surface area contributed by atoms with Crippen LogP contribution in [0.1, 0.15) is 41.6 Å². The van der Waals surface area contributed by atoms with Gasteiger partial charge in [0.05, 0.1) is 11.2 Å². The smallest absolute Gasteiger partial charge is 0.0798 e. The van der Waals surface area contributed by atoms with Crippen molar-refractivity contribution >= 4 is 34.7 Å². The zero-order valence-corrected chi connectivity index (χ0v) is 13.9. The molecule has 1 N–H and O–H groups in total. The molecule has 5 heteroatoms. The van der Waals surface area contributed by atoms with Gasteiger partial charge in [-0.2, -0.15) is 0 Å². The molecule has 0 amide bonds. The average molecular weight is 325 g/mol. The van der Waals surface area contributed by atoms with Crippen LogP contribution in [0.15, 0.2) is 28.6 Å². The first-order valence-electron chi connectivity index (χ1n) is 6.73. The molecule has 1 aliphatic rings. The fourth-order valence-corrected chi connectivity index (χ4v) is 4.75. The molecule has 1 aromatic carbocycles. The molecule has 0 radical (unpaired) electrons. The number of aromatic nitrogens is 1. The number of rotatable bonds is 3. The second-order valence-electron chi connectivity index (χ2n) is 5.06. The summed E-state index contributed by atoms with van der Waals surface area (Å²) in [6.07, 6.45) is 1.14. The number of benzene rings is 1. The number of nitrogens with zero attached hydrogens (tertiary/aromatic N) is 1. The number of fused-ring (bicyclic) bond motifs is 1. The van der Waals surface area contributed by atoms with Gasteiger partial charge in [0.25, 0.3) is 0 Å². The highest BCUT2D eigenvalue weighted by atomic mass is 35.5. The van der Waals surface area contributed by atoms with E-state index in [1.807, 2.05) is 23.3 Å². The van der Waals surface area contributed by atoms with Gasteiger partial charge in [-0.05, 0) is 49.8 Å². The lowest BCUT2D eigenvalue weighted by atomic mass is 10.0. The Labute approximate surface area is 133 Å². The monoisotopic (exact) mass is 324 g/mol. The van der Waals surface area contributed by atoms with Crippen LogP contribution < -0.4 is 5.32 Å². The first kappa shape index (κ1) is 14.4. The second kappa shape index (κ2) is 6.06. The van der Waals surface area contributed by atoms with E-state index in [0.717, 1.165) is 22.9 Å². The van der Waals surface area contributed by atoms with Gasteiger partial charge in [0.2, 0.25) is 0 Å². The average Bonchev–Trinajstić information content (AvgIpc) is 2.86. The molecule has 1 aromatic heterocycles. The fourth-order valence-electron chi connectivity index (χ4n) is 2.64. The van der Waals surface area contributed by atoms with Crippen LogP contribution in [0, 0.1) is 6.92 Å². The minimum Gasteiger partial charge on any atom is -0.302 e. The van der Waals surface area contributed by atoms with Gasteiger partial charge in [-0.3, -0.25) is 0 Å². The van der Waals surface area contributed by atoms with Crippen molar-refractivity contribution in [1.29, 1.82) is 0 Å². The third-order valence-corrected chi connectivity index (χ3v) is 6.11. The predicted octanol–water partition coefficient (Wildman–Crippen LogP) is 4.99. The number of halogens is 1. The zero-order chi connectivity index (χ0) is 14.1. The predicted molar refractivity (Wildman–Crippen MR) is 87.9 cm³/mol. The van der Waals surface area contributed by atoms with Gasteiger partial charge in [-0.15, -0.1) is 23.1 Å². The Morgan fingerprint density at radius 2 is 2.30 bits per heavy atom. The van der Waals surface area contributed by atoms with Gasteiger partial charge in [0.1, 0.15) is 0 Å². The Balaban J connectivity index is 1.83. The molecule has 2 unspecified atom stereocenters. The van der Waals surface area contributed by atoms with Crippen LogP contribution >= 0.6 is 34.7 Å². The first-order chi connectivity index (χ1) is 9.65. The van der Waals surface area contributed by atoms with Crippen LogP contribution in [0.4, 0.5) is 0 Å². The minimum absolute atomic E-state index is 0.322. The van der Waals surface area contributed by atoms with Crippen molar-refractivity contribution < 1.29 is 0 Å². The van der Waals surface area contributed by atoms with Crippen LogP contribution in [-0.2, 0) is 0 Å². The normalized spacial score (nSPS) is 19.6. The van der Waals surface area contributed by atoms with E-state index in [2.05, 4.69) is 36.3 Å². The maximum Gasteiger partial charge on any atom is 0.0798 e. The molecule has 0 saturated heterocycles. The topological polar surface area (TPSA) is 24.9 Å². The molecule has 2 nitrogen and oxygen atoms in total. The van der Waals surface area contributed by atoms with Crippen LogP contribution in [0.25, 0.3) is 0 Å². The van der Waals surface area contributed by atoms with Crippen molar-refractivity contribution in [1.82, 2.24) is 10.3 Å². The lowest BCUT2D eigenvalue weighted by molar-refractivity contribution is 0.453. The van der Waals surface area contributed by atoms with Crippen molar-refractivity contribution in [2.24, 2.45) is 0 Å². The molecule has 0 fully saturated rings. The second-order valence-corrected chi connectivity index (χ2v) is 7.52. The summed E-state index contributed by atoms with van der Waals surface area (Å²) in [4.78, 5) is 7.02. The number of hydrogen-bond acceptors (Lipinski definition) is 4. The molecular formula is C15H17ClN2S2. The summed E-state index contributed by atoms with van der Waals surface area (Å²) < 4.78 is 0. The van der Waals surface area contributed by atoms with Crippen molar-refractivity contribution in [2.75, 3.05) is 5.75 Å². The van der Waals surface area contributed by atoms with Gasteiger partial charge in [-0.1, -0.05) is 11.6 Å². The van der Waals surface area contributed by atoms with Crippen LogP contribution in [-0.4, -0.2) is 10.7 Å². The van der Waals surface area contributed by atoms with E-state index < -0.39 is 0 Å². The van der Waals surface area contributed by atoms with E-state index in [4.69, 9.17) is 11.6 Å². The van der Waals surface area contributed by atoms with Crippen molar-refractivity contribution in [3.63, 3.8) is 0 Å². The number of hydrogen-bond donors (Lipinski definition) is 1. The summed E-state index contributed by atoms with van der Waals surface area (Å²) in [5, 5.41) is 4.56. The summed E-state index contributed by atoms with van der Waals surface area (Å²) in [6.45, 7) is 4.29. The lowest BCUT2D eigenvalue weighted by Crippen LogP contribution is -2.27. The molecule has 2 atom stereocenters.